The fraction of sp³-hybridized carbons (Fsp3) is 0.864. The molecule has 174 valence electrons. The Hall–Kier alpha value is -1.51. The molecule has 0 atom stereocenters. The molecule has 4 N–H and O–H groups in total. The van der Waals surface area contributed by atoms with Crippen LogP contribution in [0.3, 0.4) is 0 Å². The molecule has 0 spiro atoms. The Kier molecular flexibility index (Phi) is 16.2. The zero-order chi connectivity index (χ0) is 21.9. The highest BCUT2D eigenvalue weighted by Gasteiger charge is 2.07. The van der Waals surface area contributed by atoms with Gasteiger partial charge in [-0.05, 0) is 20.3 Å². The Labute approximate surface area is 183 Å². The first-order valence-corrected chi connectivity index (χ1v) is 11.8. The Bertz CT molecular complexity index is 492. The third kappa shape index (κ3) is 14.5. The summed E-state index contributed by atoms with van der Waals surface area (Å²) >= 11 is 0. The van der Waals surface area contributed by atoms with Crippen LogP contribution in [0.5, 0.6) is 0 Å². The molecule has 8 heteroatoms. The molecule has 8 nitrogen and oxygen atoms in total. The Morgan fingerprint density at radius 1 is 0.800 bits per heavy atom. The minimum atomic E-state index is 0.271. The van der Waals surface area contributed by atoms with Crippen molar-refractivity contribution in [1.82, 2.24) is 15.0 Å². The van der Waals surface area contributed by atoms with Gasteiger partial charge in [0.2, 0.25) is 11.9 Å². The molecule has 0 amide bonds. The molecule has 1 heterocycles. The molecule has 0 radical (unpaired) electrons. The summed E-state index contributed by atoms with van der Waals surface area (Å²) in [7, 11) is 0. The van der Waals surface area contributed by atoms with Crippen LogP contribution < -0.4 is 16.4 Å². The van der Waals surface area contributed by atoms with Crippen molar-refractivity contribution < 1.29 is 9.47 Å². The summed E-state index contributed by atoms with van der Waals surface area (Å²) in [6.07, 6.45) is 11.2. The first-order valence-electron chi connectivity index (χ1n) is 11.8. The van der Waals surface area contributed by atoms with E-state index in [1.807, 2.05) is 0 Å². The average molecular weight is 425 g/mol. The molecule has 1 rings (SSSR count). The van der Waals surface area contributed by atoms with E-state index in [-0.39, 0.29) is 6.04 Å². The summed E-state index contributed by atoms with van der Waals surface area (Å²) in [5.74, 6) is 2.08. The van der Waals surface area contributed by atoms with Gasteiger partial charge in [-0.25, -0.2) is 0 Å². The van der Waals surface area contributed by atoms with Gasteiger partial charge in [0.25, 0.3) is 0 Å². The minimum absolute atomic E-state index is 0.271. The van der Waals surface area contributed by atoms with Gasteiger partial charge in [-0.2, -0.15) is 15.0 Å². The number of nitrogens with one attached hydrogen (secondary N) is 2. The molecular weight excluding hydrogens is 380 g/mol. The normalized spacial score (nSPS) is 11.2. The van der Waals surface area contributed by atoms with Gasteiger partial charge < -0.3 is 25.8 Å². The molecule has 0 aliphatic rings. The molecule has 30 heavy (non-hydrogen) atoms. The molecular formula is C22H44N6O2. The number of anilines is 2. The van der Waals surface area contributed by atoms with E-state index >= 15 is 0 Å². The lowest BCUT2D eigenvalue weighted by atomic mass is 10.1. The van der Waals surface area contributed by atoms with Crippen molar-refractivity contribution in [2.45, 2.75) is 84.6 Å². The van der Waals surface area contributed by atoms with Crippen LogP contribution in [-0.4, -0.2) is 60.5 Å². The smallest absolute Gasteiger partial charge is 0.227 e. The van der Waals surface area contributed by atoms with E-state index in [2.05, 4.69) is 46.4 Å². The molecule has 1 aromatic rings. The van der Waals surface area contributed by atoms with Gasteiger partial charge in [0, 0.05) is 25.6 Å². The quantitative estimate of drug-likeness (QED) is 0.271. The Morgan fingerprint density at radius 2 is 1.43 bits per heavy atom. The Morgan fingerprint density at radius 3 is 2.10 bits per heavy atom. The number of ether oxygens (including phenoxy) is 2. The second kappa shape index (κ2) is 18.3. The number of nitrogens with zero attached hydrogens (tertiary/aromatic N) is 3. The highest BCUT2D eigenvalue weighted by Crippen LogP contribution is 2.12. The standard InChI is InChI=1S/C22H44N6O2/c1-4-5-6-7-8-9-10-11-12-20-26-21(28-22(27-20)25-19(2)3)24-14-16-30-18-17-29-15-13-23/h19H,4-18,23H2,1-3H3,(H2,24,25,26,27,28). The van der Waals surface area contributed by atoms with Crippen LogP contribution in [-0.2, 0) is 15.9 Å². The predicted molar refractivity (Wildman–Crippen MR) is 124 cm³/mol. The molecule has 0 unspecified atom stereocenters. The van der Waals surface area contributed by atoms with E-state index in [1.54, 1.807) is 0 Å². The highest BCUT2D eigenvalue weighted by molar-refractivity contribution is 5.35. The molecule has 0 aliphatic heterocycles. The summed E-state index contributed by atoms with van der Waals surface area (Å²) in [6.45, 7) is 9.85. The van der Waals surface area contributed by atoms with Crippen LogP contribution in [0, 0.1) is 0 Å². The summed E-state index contributed by atoms with van der Waals surface area (Å²) in [4.78, 5) is 13.7. The number of unbranched alkanes of at least 4 members (excludes halogenated alkanes) is 7. The highest BCUT2D eigenvalue weighted by atomic mass is 16.5. The topological polar surface area (TPSA) is 107 Å². The lowest BCUT2D eigenvalue weighted by Gasteiger charge is -2.12. The monoisotopic (exact) mass is 424 g/mol. The van der Waals surface area contributed by atoms with E-state index in [9.17, 15) is 0 Å². The first-order chi connectivity index (χ1) is 14.7. The van der Waals surface area contributed by atoms with Gasteiger partial charge in [-0.3, -0.25) is 0 Å². The fourth-order valence-electron chi connectivity index (χ4n) is 2.99. The summed E-state index contributed by atoms with van der Waals surface area (Å²) in [5, 5.41) is 6.53. The molecule has 0 saturated carbocycles. The Balaban J connectivity index is 2.36. The number of hydrogen-bond donors (Lipinski definition) is 3. The fourth-order valence-corrected chi connectivity index (χ4v) is 2.99. The number of aryl methyl sites for hydroxylation is 1. The molecule has 1 aromatic heterocycles. The van der Waals surface area contributed by atoms with Gasteiger partial charge in [0.05, 0.1) is 26.4 Å². The van der Waals surface area contributed by atoms with Crippen molar-refractivity contribution in [2.75, 3.05) is 50.2 Å². The van der Waals surface area contributed by atoms with E-state index < -0.39 is 0 Å². The summed E-state index contributed by atoms with van der Waals surface area (Å²) < 4.78 is 10.8. The van der Waals surface area contributed by atoms with E-state index in [0.29, 0.717) is 51.4 Å². The maximum absolute atomic E-state index is 5.54. The second-order valence-corrected chi connectivity index (χ2v) is 7.86. The van der Waals surface area contributed by atoms with Crippen molar-refractivity contribution in [3.05, 3.63) is 5.82 Å². The summed E-state index contributed by atoms with van der Waals surface area (Å²) in [5.41, 5.74) is 5.38. The maximum Gasteiger partial charge on any atom is 0.227 e. The van der Waals surface area contributed by atoms with Crippen molar-refractivity contribution in [3.8, 4) is 0 Å². The van der Waals surface area contributed by atoms with Gasteiger partial charge >= 0.3 is 0 Å². The third-order valence-corrected chi connectivity index (χ3v) is 4.52. The molecule has 0 aromatic carbocycles. The SMILES string of the molecule is CCCCCCCCCCc1nc(NCCOCCOCCN)nc(NC(C)C)n1. The number of rotatable bonds is 20. The second-order valence-electron chi connectivity index (χ2n) is 7.86. The van der Waals surface area contributed by atoms with Gasteiger partial charge in [0.1, 0.15) is 5.82 Å². The molecule has 0 saturated heterocycles. The minimum Gasteiger partial charge on any atom is -0.378 e. The van der Waals surface area contributed by atoms with Crippen molar-refractivity contribution in [1.29, 1.82) is 0 Å². The maximum atomic E-state index is 5.54. The number of nitrogens with two attached hydrogens (primary N) is 1. The number of aromatic nitrogens is 3. The van der Waals surface area contributed by atoms with Crippen molar-refractivity contribution >= 4 is 11.9 Å². The van der Waals surface area contributed by atoms with Crippen molar-refractivity contribution in [2.24, 2.45) is 5.73 Å². The average Bonchev–Trinajstić information content (AvgIpc) is 2.71. The molecule has 0 aliphatic carbocycles. The van der Waals surface area contributed by atoms with Crippen molar-refractivity contribution in [3.63, 3.8) is 0 Å². The van der Waals surface area contributed by atoms with Gasteiger partial charge in [0.15, 0.2) is 0 Å². The van der Waals surface area contributed by atoms with Crippen LogP contribution in [0.2, 0.25) is 0 Å². The lowest BCUT2D eigenvalue weighted by molar-refractivity contribution is 0.0547. The van der Waals surface area contributed by atoms with Crippen LogP contribution in [0.15, 0.2) is 0 Å². The van der Waals surface area contributed by atoms with Gasteiger partial charge in [-0.1, -0.05) is 51.9 Å². The third-order valence-electron chi connectivity index (χ3n) is 4.52. The van der Waals surface area contributed by atoms with E-state index in [1.165, 1.54) is 44.9 Å². The van der Waals surface area contributed by atoms with Crippen LogP contribution >= 0.6 is 0 Å². The van der Waals surface area contributed by atoms with Crippen LogP contribution in [0.1, 0.15) is 78.0 Å². The predicted octanol–water partition coefficient (Wildman–Crippen LogP) is 3.78. The lowest BCUT2D eigenvalue weighted by Crippen LogP contribution is -2.18. The van der Waals surface area contributed by atoms with Crippen LogP contribution in [0.25, 0.3) is 0 Å². The van der Waals surface area contributed by atoms with Crippen LogP contribution in [0.4, 0.5) is 11.9 Å². The first kappa shape index (κ1) is 26.5. The van der Waals surface area contributed by atoms with E-state index in [4.69, 9.17) is 15.2 Å². The zero-order valence-electron chi connectivity index (χ0n) is 19.4. The largest absolute Gasteiger partial charge is 0.378 e. The molecule has 0 bridgehead atoms. The van der Waals surface area contributed by atoms with E-state index in [0.717, 1.165) is 18.7 Å². The van der Waals surface area contributed by atoms with Gasteiger partial charge in [-0.15, -0.1) is 0 Å². The number of hydrogen-bond acceptors (Lipinski definition) is 8. The molecule has 0 fully saturated rings. The summed E-state index contributed by atoms with van der Waals surface area (Å²) in [6, 6.07) is 0.271. The zero-order valence-corrected chi connectivity index (χ0v) is 19.4.